The number of fused-ring (bicyclic) bond motifs is 1. The lowest BCUT2D eigenvalue weighted by Crippen LogP contribution is -1.81. The predicted molar refractivity (Wildman–Crippen MR) is 61.5 cm³/mol. The summed E-state index contributed by atoms with van der Waals surface area (Å²) >= 11 is 5.60. The third kappa shape index (κ3) is 1.78. The number of para-hydroxylation sites is 1. The van der Waals surface area contributed by atoms with Gasteiger partial charge in [-0.2, -0.15) is 0 Å². The number of alkyl halides is 1. The van der Waals surface area contributed by atoms with Crippen molar-refractivity contribution in [2.24, 2.45) is 0 Å². The van der Waals surface area contributed by atoms with Crippen LogP contribution < -0.4 is 0 Å². The smallest absolute Gasteiger partial charge is 0.0774 e. The lowest BCUT2D eigenvalue weighted by Gasteiger charge is -1.99. The van der Waals surface area contributed by atoms with Crippen LogP contribution in [-0.2, 0) is 0 Å². The molecule has 2 rings (SSSR count). The molecule has 0 saturated heterocycles. The maximum Gasteiger partial charge on any atom is 0.0774 e. The van der Waals surface area contributed by atoms with Crippen molar-refractivity contribution in [2.45, 2.75) is 0 Å². The molecule has 0 amide bonds. The summed E-state index contributed by atoms with van der Waals surface area (Å²) in [5.74, 6) is 0.531. The molecule has 0 saturated carbocycles. The Morgan fingerprint density at radius 1 is 1.21 bits per heavy atom. The summed E-state index contributed by atoms with van der Waals surface area (Å²) in [6.07, 6.45) is 5.73. The fraction of sp³-hybridized carbons (Fsp3) is 0.0833. The van der Waals surface area contributed by atoms with Gasteiger partial charge in [0, 0.05) is 23.0 Å². The SMILES string of the molecule is ClCC=Cc1cccc2cccnc12. The van der Waals surface area contributed by atoms with Crippen molar-refractivity contribution in [1.29, 1.82) is 0 Å². The number of rotatable bonds is 2. The van der Waals surface area contributed by atoms with E-state index in [1.54, 1.807) is 6.20 Å². The number of pyridine rings is 1. The van der Waals surface area contributed by atoms with Gasteiger partial charge in [-0.1, -0.05) is 36.4 Å². The van der Waals surface area contributed by atoms with Crippen molar-refractivity contribution in [3.8, 4) is 0 Å². The molecule has 1 heterocycles. The average Bonchev–Trinajstić information content (AvgIpc) is 2.26. The summed E-state index contributed by atoms with van der Waals surface area (Å²) in [7, 11) is 0. The van der Waals surface area contributed by atoms with Gasteiger partial charge in [-0.25, -0.2) is 0 Å². The number of nitrogens with zero attached hydrogens (tertiary/aromatic N) is 1. The molecule has 0 unspecified atom stereocenters. The highest BCUT2D eigenvalue weighted by Gasteiger charge is 1.96. The maximum atomic E-state index is 5.60. The Labute approximate surface area is 88.0 Å². The van der Waals surface area contributed by atoms with Crippen LogP contribution in [0.1, 0.15) is 5.56 Å². The highest BCUT2D eigenvalue weighted by Crippen LogP contribution is 2.16. The van der Waals surface area contributed by atoms with Gasteiger partial charge in [0.1, 0.15) is 0 Å². The van der Waals surface area contributed by atoms with Crippen molar-refractivity contribution in [3.63, 3.8) is 0 Å². The quantitative estimate of drug-likeness (QED) is 0.681. The molecular formula is C12H10ClN. The van der Waals surface area contributed by atoms with E-state index in [4.69, 9.17) is 11.6 Å². The average molecular weight is 204 g/mol. The van der Waals surface area contributed by atoms with Crippen LogP contribution in [0, 0.1) is 0 Å². The van der Waals surface area contributed by atoms with Crippen LogP contribution in [0.15, 0.2) is 42.6 Å². The minimum Gasteiger partial charge on any atom is -0.256 e. The first-order valence-electron chi connectivity index (χ1n) is 4.48. The van der Waals surface area contributed by atoms with E-state index in [9.17, 15) is 0 Å². The van der Waals surface area contributed by atoms with Crippen LogP contribution in [0.2, 0.25) is 0 Å². The van der Waals surface area contributed by atoms with E-state index in [0.29, 0.717) is 5.88 Å². The van der Waals surface area contributed by atoms with E-state index >= 15 is 0 Å². The summed E-state index contributed by atoms with van der Waals surface area (Å²) < 4.78 is 0. The van der Waals surface area contributed by atoms with Gasteiger partial charge >= 0.3 is 0 Å². The normalized spacial score (nSPS) is 11.2. The van der Waals surface area contributed by atoms with Crippen molar-refractivity contribution in [3.05, 3.63) is 48.2 Å². The van der Waals surface area contributed by atoms with Crippen molar-refractivity contribution in [1.82, 2.24) is 4.98 Å². The molecule has 0 fully saturated rings. The minimum atomic E-state index is 0.531. The summed E-state index contributed by atoms with van der Waals surface area (Å²) in [5, 5.41) is 1.16. The zero-order chi connectivity index (χ0) is 9.80. The zero-order valence-corrected chi connectivity index (χ0v) is 8.41. The molecule has 0 aliphatic carbocycles. The molecule has 0 spiro atoms. The topological polar surface area (TPSA) is 12.9 Å². The number of benzene rings is 1. The fourth-order valence-corrected chi connectivity index (χ4v) is 1.52. The molecule has 1 aromatic carbocycles. The Balaban J connectivity index is 2.59. The van der Waals surface area contributed by atoms with E-state index in [1.165, 1.54) is 0 Å². The van der Waals surface area contributed by atoms with Gasteiger partial charge in [0.2, 0.25) is 0 Å². The van der Waals surface area contributed by atoms with E-state index < -0.39 is 0 Å². The Morgan fingerprint density at radius 3 is 2.93 bits per heavy atom. The van der Waals surface area contributed by atoms with Gasteiger partial charge < -0.3 is 0 Å². The molecular weight excluding hydrogens is 194 g/mol. The molecule has 1 nitrogen and oxygen atoms in total. The summed E-state index contributed by atoms with van der Waals surface area (Å²) in [4.78, 5) is 4.34. The van der Waals surface area contributed by atoms with Crippen LogP contribution in [0.4, 0.5) is 0 Å². The third-order valence-electron chi connectivity index (χ3n) is 2.05. The Bertz CT molecular complexity index is 457. The lowest BCUT2D eigenvalue weighted by molar-refractivity contribution is 1.40. The maximum absolute atomic E-state index is 5.60. The Kier molecular flexibility index (Phi) is 2.80. The fourth-order valence-electron chi connectivity index (χ4n) is 1.43. The van der Waals surface area contributed by atoms with Crippen molar-refractivity contribution < 1.29 is 0 Å². The van der Waals surface area contributed by atoms with Gasteiger partial charge in [-0.15, -0.1) is 11.6 Å². The van der Waals surface area contributed by atoms with Crippen molar-refractivity contribution in [2.75, 3.05) is 5.88 Å². The second kappa shape index (κ2) is 4.25. The van der Waals surface area contributed by atoms with E-state index in [-0.39, 0.29) is 0 Å². The van der Waals surface area contributed by atoms with Crippen LogP contribution in [0.25, 0.3) is 17.0 Å². The molecule has 1 aromatic heterocycles. The second-order valence-corrected chi connectivity index (χ2v) is 3.29. The first-order valence-corrected chi connectivity index (χ1v) is 5.01. The number of hydrogen-bond donors (Lipinski definition) is 0. The number of allylic oxidation sites excluding steroid dienone is 1. The molecule has 0 aliphatic rings. The summed E-state index contributed by atoms with van der Waals surface area (Å²) in [6.45, 7) is 0. The molecule has 2 heteroatoms. The molecule has 14 heavy (non-hydrogen) atoms. The molecule has 0 N–H and O–H groups in total. The monoisotopic (exact) mass is 203 g/mol. The number of aromatic nitrogens is 1. The predicted octanol–water partition coefficient (Wildman–Crippen LogP) is 3.49. The summed E-state index contributed by atoms with van der Waals surface area (Å²) in [5.41, 5.74) is 2.14. The van der Waals surface area contributed by atoms with Gasteiger partial charge in [-0.05, 0) is 6.07 Å². The van der Waals surface area contributed by atoms with Crippen LogP contribution in [0.5, 0.6) is 0 Å². The largest absolute Gasteiger partial charge is 0.256 e. The van der Waals surface area contributed by atoms with Gasteiger partial charge in [-0.3, -0.25) is 4.98 Å². The van der Waals surface area contributed by atoms with E-state index in [2.05, 4.69) is 17.1 Å². The van der Waals surface area contributed by atoms with E-state index in [1.807, 2.05) is 30.4 Å². The minimum absolute atomic E-state index is 0.531. The van der Waals surface area contributed by atoms with Gasteiger partial charge in [0.25, 0.3) is 0 Å². The molecule has 0 radical (unpaired) electrons. The molecule has 0 aliphatic heterocycles. The molecule has 2 aromatic rings. The van der Waals surface area contributed by atoms with Gasteiger partial charge in [0.05, 0.1) is 5.52 Å². The van der Waals surface area contributed by atoms with Crippen molar-refractivity contribution >= 4 is 28.6 Å². The standard InChI is InChI=1S/C12H10ClN/c13-8-2-6-10-4-1-5-11-7-3-9-14-12(10)11/h1-7,9H,8H2. The molecule has 70 valence electrons. The van der Waals surface area contributed by atoms with Crippen LogP contribution >= 0.6 is 11.6 Å². The molecule has 0 bridgehead atoms. The third-order valence-corrected chi connectivity index (χ3v) is 2.23. The molecule has 0 atom stereocenters. The summed E-state index contributed by atoms with van der Waals surface area (Å²) in [6, 6.07) is 10.1. The second-order valence-electron chi connectivity index (χ2n) is 2.98. The first-order chi connectivity index (χ1) is 6.92. The number of hydrogen-bond acceptors (Lipinski definition) is 1. The highest BCUT2D eigenvalue weighted by molar-refractivity contribution is 6.19. The van der Waals surface area contributed by atoms with Gasteiger partial charge in [0.15, 0.2) is 0 Å². The Morgan fingerprint density at radius 2 is 2.07 bits per heavy atom. The zero-order valence-electron chi connectivity index (χ0n) is 7.65. The van der Waals surface area contributed by atoms with E-state index in [0.717, 1.165) is 16.5 Å². The highest BCUT2D eigenvalue weighted by atomic mass is 35.5. The van der Waals surface area contributed by atoms with Crippen LogP contribution in [-0.4, -0.2) is 10.9 Å². The lowest BCUT2D eigenvalue weighted by atomic mass is 10.1. The first kappa shape index (κ1) is 9.22. The number of halogens is 1. The Hall–Kier alpha value is -1.34. The van der Waals surface area contributed by atoms with Crippen LogP contribution in [0.3, 0.4) is 0 Å².